The fraction of sp³-hybridized carbons (Fsp3) is 0.467. The van der Waals surface area contributed by atoms with Crippen molar-refractivity contribution < 1.29 is 13.9 Å². The summed E-state index contributed by atoms with van der Waals surface area (Å²) in [5, 5.41) is 6.89. The fourth-order valence-corrected chi connectivity index (χ4v) is 2.62. The predicted octanol–water partition coefficient (Wildman–Crippen LogP) is 2.80. The number of nitrogens with one attached hydrogen (secondary N) is 1. The van der Waals surface area contributed by atoms with Crippen molar-refractivity contribution in [1.82, 2.24) is 10.3 Å². The maximum atomic E-state index is 12.1. The number of aryl methyl sites for hydroxylation is 1. The zero-order valence-corrected chi connectivity index (χ0v) is 13.3. The van der Waals surface area contributed by atoms with Crippen LogP contribution in [0.2, 0.25) is 0 Å². The Hall–Kier alpha value is -1.66. The standard InChI is InChI=1S/C15H20N2O3S/c1-4-12(8-19-3)16-14(18)7-13-10(2)20-15(17-13)11-5-6-21-9-11/h5-6,9,12H,4,7-8H2,1-3H3,(H,16,18). The molecule has 0 aliphatic rings. The fourth-order valence-electron chi connectivity index (χ4n) is 2.00. The number of oxazole rings is 1. The predicted molar refractivity (Wildman–Crippen MR) is 82.4 cm³/mol. The van der Waals surface area contributed by atoms with E-state index in [2.05, 4.69) is 10.3 Å². The summed E-state index contributed by atoms with van der Waals surface area (Å²) in [6.07, 6.45) is 1.05. The maximum absolute atomic E-state index is 12.1. The zero-order chi connectivity index (χ0) is 15.2. The van der Waals surface area contributed by atoms with Crippen LogP contribution in [0.25, 0.3) is 11.5 Å². The van der Waals surface area contributed by atoms with Crippen LogP contribution in [0.3, 0.4) is 0 Å². The van der Waals surface area contributed by atoms with Gasteiger partial charge in [-0.2, -0.15) is 11.3 Å². The van der Waals surface area contributed by atoms with E-state index in [0.717, 1.165) is 12.0 Å². The lowest BCUT2D eigenvalue weighted by atomic mass is 10.2. The Morgan fingerprint density at radius 3 is 3.00 bits per heavy atom. The van der Waals surface area contributed by atoms with Crippen LogP contribution in [0.4, 0.5) is 0 Å². The summed E-state index contributed by atoms with van der Waals surface area (Å²) in [6, 6.07) is 1.98. The molecule has 21 heavy (non-hydrogen) atoms. The quantitative estimate of drug-likeness (QED) is 0.854. The number of rotatable bonds is 7. The Labute approximate surface area is 128 Å². The Balaban J connectivity index is 2.01. The molecular formula is C15H20N2O3S. The molecule has 0 saturated carbocycles. The van der Waals surface area contributed by atoms with Gasteiger partial charge < -0.3 is 14.5 Å². The minimum Gasteiger partial charge on any atom is -0.441 e. The van der Waals surface area contributed by atoms with E-state index in [1.165, 1.54) is 0 Å². The highest BCUT2D eigenvalue weighted by Gasteiger charge is 2.16. The van der Waals surface area contributed by atoms with Gasteiger partial charge in [-0.25, -0.2) is 4.98 Å². The van der Waals surface area contributed by atoms with Gasteiger partial charge in [0.2, 0.25) is 11.8 Å². The summed E-state index contributed by atoms with van der Waals surface area (Å²) >= 11 is 1.59. The first kappa shape index (κ1) is 15.7. The topological polar surface area (TPSA) is 64.4 Å². The number of hydrogen-bond donors (Lipinski definition) is 1. The van der Waals surface area contributed by atoms with Crippen LogP contribution in [0.15, 0.2) is 21.2 Å². The third-order valence-corrected chi connectivity index (χ3v) is 3.90. The van der Waals surface area contributed by atoms with Crippen LogP contribution in [-0.4, -0.2) is 30.6 Å². The molecule has 1 atom stereocenters. The smallest absolute Gasteiger partial charge is 0.227 e. The third-order valence-electron chi connectivity index (χ3n) is 3.21. The van der Waals surface area contributed by atoms with Crippen molar-refractivity contribution in [2.24, 2.45) is 0 Å². The number of ether oxygens (including phenoxy) is 1. The van der Waals surface area contributed by atoms with Crippen LogP contribution < -0.4 is 5.32 Å². The molecule has 2 rings (SSSR count). The molecule has 0 radical (unpaired) electrons. The summed E-state index contributed by atoms with van der Waals surface area (Å²) in [7, 11) is 1.63. The molecule has 5 nitrogen and oxygen atoms in total. The van der Waals surface area contributed by atoms with E-state index in [1.807, 2.05) is 30.7 Å². The molecule has 0 saturated heterocycles. The van der Waals surface area contributed by atoms with E-state index in [9.17, 15) is 4.79 Å². The van der Waals surface area contributed by atoms with Gasteiger partial charge in [-0.3, -0.25) is 4.79 Å². The number of amides is 1. The van der Waals surface area contributed by atoms with Crippen LogP contribution >= 0.6 is 11.3 Å². The largest absolute Gasteiger partial charge is 0.441 e. The van der Waals surface area contributed by atoms with Crippen molar-refractivity contribution in [2.45, 2.75) is 32.7 Å². The summed E-state index contributed by atoms with van der Waals surface area (Å²) in [5.74, 6) is 1.19. The highest BCUT2D eigenvalue weighted by atomic mass is 32.1. The normalized spacial score (nSPS) is 12.3. The van der Waals surface area contributed by atoms with E-state index >= 15 is 0 Å². The van der Waals surface area contributed by atoms with Crippen molar-refractivity contribution in [3.63, 3.8) is 0 Å². The molecule has 0 bridgehead atoms. The Bertz CT molecular complexity index is 578. The van der Waals surface area contributed by atoms with E-state index in [0.29, 0.717) is 24.0 Å². The van der Waals surface area contributed by atoms with Gasteiger partial charge in [0.1, 0.15) is 5.76 Å². The van der Waals surface area contributed by atoms with Crippen molar-refractivity contribution in [1.29, 1.82) is 0 Å². The van der Waals surface area contributed by atoms with Crippen LogP contribution in [0.5, 0.6) is 0 Å². The lowest BCUT2D eigenvalue weighted by molar-refractivity contribution is -0.121. The van der Waals surface area contributed by atoms with Crippen molar-refractivity contribution in [3.8, 4) is 11.5 Å². The van der Waals surface area contributed by atoms with Crippen molar-refractivity contribution in [2.75, 3.05) is 13.7 Å². The second-order valence-corrected chi connectivity index (χ2v) is 5.62. The van der Waals surface area contributed by atoms with Crippen LogP contribution in [-0.2, 0) is 16.0 Å². The summed E-state index contributed by atoms with van der Waals surface area (Å²) in [6.45, 7) is 4.36. The average molecular weight is 308 g/mol. The maximum Gasteiger partial charge on any atom is 0.227 e. The van der Waals surface area contributed by atoms with Crippen molar-refractivity contribution in [3.05, 3.63) is 28.3 Å². The molecule has 0 aromatic carbocycles. The van der Waals surface area contributed by atoms with Gasteiger partial charge in [-0.1, -0.05) is 6.92 Å². The lowest BCUT2D eigenvalue weighted by Gasteiger charge is -2.15. The van der Waals surface area contributed by atoms with Gasteiger partial charge in [-0.05, 0) is 24.8 Å². The van der Waals surface area contributed by atoms with Gasteiger partial charge in [0.15, 0.2) is 0 Å². The molecule has 0 aliphatic carbocycles. The Kier molecular flexibility index (Phi) is 5.52. The molecule has 0 spiro atoms. The number of carbonyl (C=O) groups excluding carboxylic acids is 1. The van der Waals surface area contributed by atoms with E-state index in [1.54, 1.807) is 18.4 Å². The monoisotopic (exact) mass is 308 g/mol. The van der Waals surface area contributed by atoms with E-state index < -0.39 is 0 Å². The molecule has 0 aliphatic heterocycles. The average Bonchev–Trinajstić information content (AvgIpc) is 3.09. The molecule has 0 fully saturated rings. The molecule has 1 N–H and O–H groups in total. The van der Waals surface area contributed by atoms with E-state index in [-0.39, 0.29) is 18.4 Å². The molecular weight excluding hydrogens is 288 g/mol. The van der Waals surface area contributed by atoms with Gasteiger partial charge in [-0.15, -0.1) is 0 Å². The molecule has 2 aromatic rings. The van der Waals surface area contributed by atoms with Gasteiger partial charge in [0.05, 0.1) is 24.8 Å². The highest BCUT2D eigenvalue weighted by Crippen LogP contribution is 2.23. The summed E-state index contributed by atoms with van der Waals surface area (Å²) in [4.78, 5) is 16.5. The number of nitrogens with zero attached hydrogens (tertiary/aromatic N) is 1. The second kappa shape index (κ2) is 7.38. The molecule has 114 valence electrons. The minimum absolute atomic E-state index is 0.0334. The third kappa shape index (κ3) is 4.15. The molecule has 2 heterocycles. The first-order valence-electron chi connectivity index (χ1n) is 6.91. The Morgan fingerprint density at radius 2 is 2.38 bits per heavy atom. The van der Waals surface area contributed by atoms with Gasteiger partial charge in [0, 0.05) is 18.1 Å². The second-order valence-electron chi connectivity index (χ2n) is 4.84. The highest BCUT2D eigenvalue weighted by molar-refractivity contribution is 7.08. The lowest BCUT2D eigenvalue weighted by Crippen LogP contribution is -2.38. The number of hydrogen-bond acceptors (Lipinski definition) is 5. The van der Waals surface area contributed by atoms with Gasteiger partial charge in [0.25, 0.3) is 0 Å². The number of methoxy groups -OCH3 is 1. The number of thiophene rings is 1. The van der Waals surface area contributed by atoms with Crippen LogP contribution in [0.1, 0.15) is 24.8 Å². The molecule has 1 unspecified atom stereocenters. The van der Waals surface area contributed by atoms with Gasteiger partial charge >= 0.3 is 0 Å². The number of carbonyl (C=O) groups is 1. The summed E-state index contributed by atoms with van der Waals surface area (Å²) < 4.78 is 10.7. The SMILES string of the molecule is CCC(COC)NC(=O)Cc1nc(-c2ccsc2)oc1C. The molecule has 1 amide bonds. The first-order chi connectivity index (χ1) is 10.1. The molecule has 2 aromatic heterocycles. The summed E-state index contributed by atoms with van der Waals surface area (Å²) in [5.41, 5.74) is 1.63. The Morgan fingerprint density at radius 1 is 1.57 bits per heavy atom. The first-order valence-corrected chi connectivity index (χ1v) is 7.85. The van der Waals surface area contributed by atoms with Crippen molar-refractivity contribution >= 4 is 17.2 Å². The van der Waals surface area contributed by atoms with E-state index in [4.69, 9.17) is 9.15 Å². The van der Waals surface area contributed by atoms with Crippen LogP contribution in [0, 0.1) is 6.92 Å². The minimum atomic E-state index is -0.0628. The zero-order valence-electron chi connectivity index (χ0n) is 12.5. The number of aromatic nitrogens is 1. The molecule has 6 heteroatoms.